The summed E-state index contributed by atoms with van der Waals surface area (Å²) in [5.74, 6) is -0.305. The lowest BCUT2D eigenvalue weighted by molar-refractivity contribution is -0.142. The lowest BCUT2D eigenvalue weighted by Crippen LogP contribution is -2.09. The highest BCUT2D eigenvalue weighted by atomic mass is 79.9. The van der Waals surface area contributed by atoms with E-state index in [1.807, 2.05) is 6.07 Å². The molecule has 0 saturated heterocycles. The van der Waals surface area contributed by atoms with Crippen molar-refractivity contribution in [2.45, 2.75) is 18.7 Å². The molecule has 0 unspecified atom stereocenters. The number of halogens is 2. The van der Waals surface area contributed by atoms with Crippen molar-refractivity contribution in [3.05, 3.63) is 33.8 Å². The van der Waals surface area contributed by atoms with Crippen LogP contribution in [0.2, 0.25) is 5.02 Å². The van der Waals surface area contributed by atoms with E-state index in [4.69, 9.17) is 21.6 Å². The van der Waals surface area contributed by atoms with E-state index in [1.54, 1.807) is 19.1 Å². The molecule has 0 atom stereocenters. The van der Waals surface area contributed by atoms with E-state index in [0.717, 1.165) is 11.1 Å². The fourth-order valence-corrected chi connectivity index (χ4v) is 2.33. The highest BCUT2D eigenvalue weighted by molar-refractivity contribution is 9.08. The number of carbonyl (C=O) groups excluding carboxylic acids is 1. The second kappa shape index (κ2) is 6.63. The van der Waals surface area contributed by atoms with E-state index in [-0.39, 0.29) is 12.4 Å². The first kappa shape index (κ1) is 14.0. The van der Waals surface area contributed by atoms with Crippen molar-refractivity contribution < 1.29 is 9.53 Å². The van der Waals surface area contributed by atoms with Crippen molar-refractivity contribution in [1.82, 2.24) is 0 Å². The Kier molecular flexibility index (Phi) is 5.46. The van der Waals surface area contributed by atoms with Gasteiger partial charge in [0.15, 0.2) is 0 Å². The summed E-state index contributed by atoms with van der Waals surface area (Å²) in [6, 6.07) is 5.42. The first-order valence-corrected chi connectivity index (χ1v) is 6.55. The predicted octanol–water partition coefficient (Wildman–Crippen LogP) is 3.21. The van der Waals surface area contributed by atoms with Crippen molar-refractivity contribution in [2.24, 2.45) is 0 Å². The van der Waals surface area contributed by atoms with Crippen LogP contribution in [0.4, 0.5) is 0 Å². The molecule has 0 heterocycles. The van der Waals surface area contributed by atoms with Gasteiger partial charge in [-0.05, 0) is 24.1 Å². The Balaban J connectivity index is 3.09. The zero-order valence-corrected chi connectivity index (χ0v) is 11.6. The van der Waals surface area contributed by atoms with E-state index in [2.05, 4.69) is 15.9 Å². The molecule has 0 aliphatic rings. The van der Waals surface area contributed by atoms with Crippen LogP contribution in [0.15, 0.2) is 12.1 Å². The molecule has 3 nitrogen and oxygen atoms in total. The van der Waals surface area contributed by atoms with Crippen LogP contribution in [-0.2, 0) is 21.3 Å². The normalized spacial score (nSPS) is 9.76. The van der Waals surface area contributed by atoms with Gasteiger partial charge in [-0.2, -0.15) is 5.26 Å². The smallest absolute Gasteiger partial charge is 0.310 e. The number of hydrogen-bond donors (Lipinski definition) is 0. The highest BCUT2D eigenvalue weighted by Gasteiger charge is 2.14. The molecule has 0 spiro atoms. The van der Waals surface area contributed by atoms with Gasteiger partial charge in [-0.1, -0.05) is 33.6 Å². The largest absolute Gasteiger partial charge is 0.466 e. The number of esters is 1. The molecular weight excluding hydrogens is 305 g/mol. The molecule has 90 valence electrons. The van der Waals surface area contributed by atoms with Gasteiger partial charge in [0.2, 0.25) is 0 Å². The van der Waals surface area contributed by atoms with Crippen LogP contribution in [0, 0.1) is 11.3 Å². The molecule has 1 aromatic carbocycles. The fraction of sp³-hybridized carbons (Fsp3) is 0.333. The van der Waals surface area contributed by atoms with Crippen LogP contribution < -0.4 is 0 Å². The van der Waals surface area contributed by atoms with E-state index < -0.39 is 0 Å². The second-order valence-electron chi connectivity index (χ2n) is 3.29. The third-order valence-electron chi connectivity index (χ3n) is 2.24. The van der Waals surface area contributed by atoms with Gasteiger partial charge < -0.3 is 4.74 Å². The van der Waals surface area contributed by atoms with E-state index in [0.29, 0.717) is 22.5 Å². The molecule has 17 heavy (non-hydrogen) atoms. The molecule has 1 rings (SSSR count). The molecule has 0 radical (unpaired) electrons. The molecule has 0 aliphatic carbocycles. The lowest BCUT2D eigenvalue weighted by Gasteiger charge is -2.09. The van der Waals surface area contributed by atoms with Gasteiger partial charge in [0.1, 0.15) is 6.07 Å². The number of hydrogen-bond acceptors (Lipinski definition) is 3. The fourth-order valence-electron chi connectivity index (χ4n) is 1.47. The summed E-state index contributed by atoms with van der Waals surface area (Å²) in [7, 11) is 0. The van der Waals surface area contributed by atoms with Gasteiger partial charge in [-0.25, -0.2) is 0 Å². The molecule has 0 amide bonds. The first-order chi connectivity index (χ1) is 8.13. The van der Waals surface area contributed by atoms with Crippen LogP contribution in [0.1, 0.15) is 23.6 Å². The molecule has 0 bridgehead atoms. The molecule has 0 saturated carbocycles. The monoisotopic (exact) mass is 315 g/mol. The van der Waals surface area contributed by atoms with E-state index >= 15 is 0 Å². The predicted molar refractivity (Wildman–Crippen MR) is 69.1 cm³/mol. The summed E-state index contributed by atoms with van der Waals surface area (Å²) < 4.78 is 4.88. The molecule has 0 fully saturated rings. The van der Waals surface area contributed by atoms with Gasteiger partial charge in [-0.3, -0.25) is 4.79 Å². The minimum atomic E-state index is -0.305. The van der Waals surface area contributed by atoms with Crippen LogP contribution in [0.25, 0.3) is 0 Å². The number of rotatable bonds is 4. The summed E-state index contributed by atoms with van der Waals surface area (Å²) in [5.41, 5.74) is 1.92. The maximum atomic E-state index is 11.4. The van der Waals surface area contributed by atoms with Crippen LogP contribution in [0.5, 0.6) is 0 Å². The molecule has 0 aliphatic heterocycles. The number of ether oxygens (including phenoxy) is 1. The number of nitriles is 1. The number of carbonyl (C=O) groups is 1. The minimum Gasteiger partial charge on any atom is -0.466 e. The molecule has 0 N–H and O–H groups in total. The van der Waals surface area contributed by atoms with Crippen LogP contribution in [-0.4, -0.2) is 12.6 Å². The summed E-state index contributed by atoms with van der Waals surface area (Å²) in [6.07, 6.45) is 0.153. The first-order valence-electron chi connectivity index (χ1n) is 5.06. The van der Waals surface area contributed by atoms with Gasteiger partial charge >= 0.3 is 5.97 Å². The third-order valence-corrected chi connectivity index (χ3v) is 3.12. The zero-order chi connectivity index (χ0) is 12.8. The Morgan fingerprint density at radius 2 is 2.29 bits per heavy atom. The Morgan fingerprint density at radius 1 is 1.59 bits per heavy atom. The summed E-state index contributed by atoms with van der Waals surface area (Å²) in [4.78, 5) is 11.4. The van der Waals surface area contributed by atoms with Gasteiger partial charge in [0.25, 0.3) is 0 Å². The maximum absolute atomic E-state index is 11.4. The topological polar surface area (TPSA) is 50.1 Å². The van der Waals surface area contributed by atoms with Crippen molar-refractivity contribution in [3.8, 4) is 6.07 Å². The van der Waals surface area contributed by atoms with Gasteiger partial charge in [0.05, 0.1) is 23.6 Å². The average Bonchev–Trinajstić information content (AvgIpc) is 2.31. The molecule has 5 heteroatoms. The van der Waals surface area contributed by atoms with Crippen LogP contribution in [0.3, 0.4) is 0 Å². The van der Waals surface area contributed by atoms with E-state index in [1.165, 1.54) is 0 Å². The number of benzene rings is 1. The quantitative estimate of drug-likeness (QED) is 0.633. The van der Waals surface area contributed by atoms with Gasteiger partial charge in [0, 0.05) is 5.33 Å². The molecule has 1 aromatic rings. The van der Waals surface area contributed by atoms with Crippen molar-refractivity contribution in [2.75, 3.05) is 6.61 Å². The maximum Gasteiger partial charge on any atom is 0.310 e. The van der Waals surface area contributed by atoms with Crippen LogP contribution >= 0.6 is 27.5 Å². The number of nitrogens with zero attached hydrogens (tertiary/aromatic N) is 1. The highest BCUT2D eigenvalue weighted by Crippen LogP contribution is 2.25. The Bertz CT molecular complexity index is 468. The van der Waals surface area contributed by atoms with Crippen molar-refractivity contribution in [3.63, 3.8) is 0 Å². The summed E-state index contributed by atoms with van der Waals surface area (Å²) >= 11 is 9.22. The Hall–Kier alpha value is -1.05. The van der Waals surface area contributed by atoms with E-state index in [9.17, 15) is 4.79 Å². The Labute approximate surface area is 113 Å². The second-order valence-corrected chi connectivity index (χ2v) is 4.26. The lowest BCUT2D eigenvalue weighted by atomic mass is 10.0. The summed E-state index contributed by atoms with van der Waals surface area (Å²) in [6.45, 7) is 2.10. The SMILES string of the molecule is CCOC(=O)Cc1ccc(Cl)c(C#N)c1CBr. The molecule has 0 aromatic heterocycles. The molecular formula is C12H11BrClNO2. The number of alkyl halides is 1. The van der Waals surface area contributed by atoms with Crippen molar-refractivity contribution >= 4 is 33.5 Å². The van der Waals surface area contributed by atoms with Crippen molar-refractivity contribution in [1.29, 1.82) is 5.26 Å². The third kappa shape index (κ3) is 3.45. The van der Waals surface area contributed by atoms with Gasteiger partial charge in [-0.15, -0.1) is 0 Å². The average molecular weight is 317 g/mol. The Morgan fingerprint density at radius 3 is 2.82 bits per heavy atom. The summed E-state index contributed by atoms with van der Waals surface area (Å²) in [5, 5.41) is 9.90. The standard InChI is InChI=1S/C12H11BrClNO2/c1-2-17-12(16)5-8-3-4-11(14)10(7-15)9(8)6-13/h3-4H,2,5-6H2,1H3. The minimum absolute atomic E-state index is 0.153. The zero-order valence-electron chi connectivity index (χ0n) is 9.30.